The molecule has 40 heavy (non-hydrogen) atoms. The SMILES string of the molecule is CC(=O)Oc1cc2c(c(C)c1OC(C)=O)C(SC(C)=O)C=C1[C@@]2(C)CC[C@@]2(C)[C@@H]3C[C@@H](C)CC[C@]3(C)CC[C@]12C. The van der Waals surface area contributed by atoms with Gasteiger partial charge in [-0.15, -0.1) is 0 Å². The Morgan fingerprint density at radius 2 is 1.60 bits per heavy atom. The van der Waals surface area contributed by atoms with Crippen LogP contribution in [0.5, 0.6) is 11.5 Å². The molecule has 1 aromatic rings. The third-order valence-corrected chi connectivity index (χ3v) is 12.7. The summed E-state index contributed by atoms with van der Waals surface area (Å²) in [4.78, 5) is 36.9. The number of carbonyl (C=O) groups excluding carboxylic acids is 3. The van der Waals surface area contributed by atoms with E-state index in [2.05, 4.69) is 40.7 Å². The van der Waals surface area contributed by atoms with Gasteiger partial charge in [-0.25, -0.2) is 0 Å². The third-order valence-electron chi connectivity index (χ3n) is 11.8. The van der Waals surface area contributed by atoms with Gasteiger partial charge in [-0.1, -0.05) is 64.5 Å². The lowest BCUT2D eigenvalue weighted by atomic mass is 9.35. The maximum absolute atomic E-state index is 12.6. The van der Waals surface area contributed by atoms with Crippen molar-refractivity contribution < 1.29 is 23.9 Å². The van der Waals surface area contributed by atoms with Gasteiger partial charge in [-0.3, -0.25) is 14.4 Å². The minimum atomic E-state index is -0.474. The van der Waals surface area contributed by atoms with Crippen LogP contribution in [0.15, 0.2) is 17.7 Å². The first kappa shape index (κ1) is 29.4. The van der Waals surface area contributed by atoms with E-state index >= 15 is 0 Å². The second-order valence-corrected chi connectivity index (χ2v) is 15.6. The Bertz CT molecular complexity index is 1310. The molecule has 0 spiro atoms. The van der Waals surface area contributed by atoms with Crippen molar-refractivity contribution in [3.05, 3.63) is 34.4 Å². The number of thioether (sulfide) groups is 1. The summed E-state index contributed by atoms with van der Waals surface area (Å²) in [6.45, 7) is 18.6. The molecule has 0 radical (unpaired) electrons. The summed E-state index contributed by atoms with van der Waals surface area (Å²) in [6, 6.07) is 1.93. The zero-order valence-corrected chi connectivity index (χ0v) is 26.6. The molecule has 3 fully saturated rings. The molecule has 218 valence electrons. The molecule has 0 heterocycles. The Hall–Kier alpha value is -2.08. The first-order valence-electron chi connectivity index (χ1n) is 15.0. The van der Waals surface area contributed by atoms with Gasteiger partial charge in [0.1, 0.15) is 0 Å². The van der Waals surface area contributed by atoms with Crippen LogP contribution in [0.3, 0.4) is 0 Å². The molecule has 0 bridgehead atoms. The fraction of sp³-hybridized carbons (Fsp3) is 0.676. The molecule has 5 rings (SSSR count). The van der Waals surface area contributed by atoms with Crippen LogP contribution in [-0.4, -0.2) is 17.1 Å². The van der Waals surface area contributed by atoms with Crippen molar-refractivity contribution in [3.63, 3.8) is 0 Å². The number of fused-ring (bicyclic) bond motifs is 7. The Labute approximate surface area is 244 Å². The van der Waals surface area contributed by atoms with Crippen molar-refractivity contribution in [1.29, 1.82) is 0 Å². The van der Waals surface area contributed by atoms with Crippen molar-refractivity contribution in [2.75, 3.05) is 0 Å². The zero-order chi connectivity index (χ0) is 29.4. The fourth-order valence-electron chi connectivity index (χ4n) is 9.50. The summed E-state index contributed by atoms with van der Waals surface area (Å²) >= 11 is 1.33. The smallest absolute Gasteiger partial charge is 0.308 e. The van der Waals surface area contributed by atoms with Crippen molar-refractivity contribution in [2.24, 2.45) is 28.1 Å². The number of rotatable bonds is 3. The lowest BCUT2D eigenvalue weighted by Gasteiger charge is -2.69. The number of allylic oxidation sites excluding steroid dienone is 1. The summed E-state index contributed by atoms with van der Waals surface area (Å²) < 4.78 is 11.3. The van der Waals surface area contributed by atoms with Gasteiger partial charge in [-0.05, 0) is 90.7 Å². The predicted molar refractivity (Wildman–Crippen MR) is 160 cm³/mol. The molecule has 4 aliphatic rings. The predicted octanol–water partition coefficient (Wildman–Crippen LogP) is 8.41. The van der Waals surface area contributed by atoms with Gasteiger partial charge in [0.2, 0.25) is 0 Å². The van der Waals surface area contributed by atoms with Crippen LogP contribution in [0.1, 0.15) is 122 Å². The summed E-state index contributed by atoms with van der Waals surface area (Å²) in [6.07, 6.45) is 10.8. The minimum Gasteiger partial charge on any atom is -0.423 e. The maximum Gasteiger partial charge on any atom is 0.308 e. The molecular weight excluding hydrogens is 520 g/mol. The Kier molecular flexibility index (Phi) is 7.17. The molecule has 1 unspecified atom stereocenters. The topological polar surface area (TPSA) is 69.7 Å². The third kappa shape index (κ3) is 4.30. The molecule has 1 aromatic carbocycles. The molecule has 7 atom stereocenters. The second kappa shape index (κ2) is 9.74. The average molecular weight is 567 g/mol. The van der Waals surface area contributed by atoms with Crippen molar-refractivity contribution in [1.82, 2.24) is 0 Å². The van der Waals surface area contributed by atoms with Crippen LogP contribution in [-0.2, 0) is 19.8 Å². The van der Waals surface area contributed by atoms with Crippen LogP contribution in [0.4, 0.5) is 0 Å². The van der Waals surface area contributed by atoms with Gasteiger partial charge in [0, 0.05) is 31.7 Å². The lowest BCUT2D eigenvalue weighted by Crippen LogP contribution is -2.61. The molecule has 3 saturated carbocycles. The van der Waals surface area contributed by atoms with E-state index in [1.165, 1.54) is 56.9 Å². The van der Waals surface area contributed by atoms with Gasteiger partial charge >= 0.3 is 11.9 Å². The highest BCUT2D eigenvalue weighted by Gasteiger charge is 2.65. The highest BCUT2D eigenvalue weighted by Crippen LogP contribution is 2.74. The van der Waals surface area contributed by atoms with Crippen LogP contribution < -0.4 is 9.47 Å². The number of ether oxygens (including phenoxy) is 2. The number of esters is 2. The zero-order valence-electron chi connectivity index (χ0n) is 25.8. The normalized spacial score (nSPS) is 38.1. The van der Waals surface area contributed by atoms with E-state index in [-0.39, 0.29) is 38.1 Å². The molecular formula is C34H46O5S. The van der Waals surface area contributed by atoms with Crippen LogP contribution in [0.2, 0.25) is 0 Å². The Balaban J connectivity index is 1.73. The average Bonchev–Trinajstić information content (AvgIpc) is 2.84. The largest absolute Gasteiger partial charge is 0.423 e. The first-order valence-corrected chi connectivity index (χ1v) is 15.9. The maximum atomic E-state index is 12.6. The van der Waals surface area contributed by atoms with E-state index in [9.17, 15) is 14.4 Å². The highest BCUT2D eigenvalue weighted by atomic mass is 32.2. The van der Waals surface area contributed by atoms with Gasteiger partial charge < -0.3 is 9.47 Å². The molecule has 0 amide bonds. The molecule has 6 heteroatoms. The molecule has 0 aromatic heterocycles. The van der Waals surface area contributed by atoms with E-state index in [0.29, 0.717) is 11.3 Å². The van der Waals surface area contributed by atoms with E-state index in [4.69, 9.17) is 9.47 Å². The van der Waals surface area contributed by atoms with Gasteiger partial charge in [-0.2, -0.15) is 0 Å². The number of hydrogen-bond donors (Lipinski definition) is 0. The minimum absolute atomic E-state index is 0.0153. The van der Waals surface area contributed by atoms with Gasteiger partial charge in [0.25, 0.3) is 0 Å². The summed E-state index contributed by atoms with van der Waals surface area (Å²) in [7, 11) is 0. The summed E-state index contributed by atoms with van der Waals surface area (Å²) in [5, 5.41) is -0.149. The Morgan fingerprint density at radius 3 is 2.23 bits per heavy atom. The number of hydrogen-bond acceptors (Lipinski definition) is 6. The van der Waals surface area contributed by atoms with Crippen molar-refractivity contribution in [2.45, 2.75) is 118 Å². The molecule has 0 aliphatic heterocycles. The quantitative estimate of drug-likeness (QED) is 0.208. The summed E-state index contributed by atoms with van der Waals surface area (Å²) in [5.74, 6) is 1.04. The van der Waals surface area contributed by atoms with E-state index in [1.54, 1.807) is 6.92 Å². The van der Waals surface area contributed by atoms with Crippen LogP contribution >= 0.6 is 11.8 Å². The highest BCUT2D eigenvalue weighted by molar-refractivity contribution is 8.13. The van der Waals surface area contributed by atoms with E-state index in [1.807, 2.05) is 13.0 Å². The lowest BCUT2D eigenvalue weighted by molar-refractivity contribution is -0.145. The van der Waals surface area contributed by atoms with Gasteiger partial charge in [0.15, 0.2) is 16.6 Å². The van der Waals surface area contributed by atoms with E-state index < -0.39 is 11.9 Å². The standard InChI is InChI=1S/C34H46O5S/c1-19-10-11-31(6)12-14-34(9)28-18-26(40-23(5)37)29-20(2)30(39-22(4)36)25(38-21(3)35)17-24(29)32(28,7)13-15-33(34,8)27(31)16-19/h17-19,26-27H,10-16H2,1-9H3/t19-,26?,27+,31+,32-,33-,34+/m0/s1. The molecule has 5 nitrogen and oxygen atoms in total. The van der Waals surface area contributed by atoms with Crippen molar-refractivity contribution in [3.8, 4) is 11.5 Å². The number of carbonyl (C=O) groups is 3. The summed E-state index contributed by atoms with van der Waals surface area (Å²) in [5.41, 5.74) is 4.56. The monoisotopic (exact) mass is 566 g/mol. The van der Waals surface area contributed by atoms with E-state index in [0.717, 1.165) is 41.9 Å². The second-order valence-electron chi connectivity index (χ2n) is 14.3. The van der Waals surface area contributed by atoms with Crippen LogP contribution in [0, 0.1) is 35.0 Å². The molecule has 4 aliphatic carbocycles. The molecule has 0 N–H and O–H groups in total. The first-order chi connectivity index (χ1) is 18.6. The fourth-order valence-corrected chi connectivity index (χ4v) is 10.5. The number of benzene rings is 1. The van der Waals surface area contributed by atoms with Crippen LogP contribution in [0.25, 0.3) is 0 Å². The Morgan fingerprint density at radius 1 is 0.925 bits per heavy atom. The molecule has 0 saturated heterocycles. The van der Waals surface area contributed by atoms with Gasteiger partial charge in [0.05, 0.1) is 5.25 Å². The van der Waals surface area contributed by atoms with Crippen molar-refractivity contribution >= 4 is 28.8 Å².